The summed E-state index contributed by atoms with van der Waals surface area (Å²) in [5.74, 6) is 2.50. The van der Waals surface area contributed by atoms with Crippen LogP contribution in [0.1, 0.15) is 11.1 Å². The number of nitrogens with zero attached hydrogens (tertiary/aromatic N) is 2. The molecule has 5 heteroatoms. The van der Waals surface area contributed by atoms with Crippen LogP contribution in [-0.2, 0) is 13.0 Å². The van der Waals surface area contributed by atoms with Crippen molar-refractivity contribution in [3.63, 3.8) is 0 Å². The summed E-state index contributed by atoms with van der Waals surface area (Å²) < 4.78 is 10.7. The average molecular weight is 305 g/mol. The SMILES string of the molecule is COc1cc2c(cc1OC)CN(c1ccc(Cl)cn1)CC2. The normalized spacial score (nSPS) is 13.8. The third kappa shape index (κ3) is 2.76. The molecule has 0 spiro atoms. The van der Waals surface area contributed by atoms with E-state index in [0.29, 0.717) is 5.02 Å². The summed E-state index contributed by atoms with van der Waals surface area (Å²) in [5, 5.41) is 0.655. The lowest BCUT2D eigenvalue weighted by atomic mass is 9.99. The molecule has 110 valence electrons. The molecular formula is C16H17ClN2O2. The third-order valence-electron chi connectivity index (χ3n) is 3.75. The first-order valence-corrected chi connectivity index (χ1v) is 7.19. The highest BCUT2D eigenvalue weighted by molar-refractivity contribution is 6.30. The predicted molar refractivity (Wildman–Crippen MR) is 83.5 cm³/mol. The van der Waals surface area contributed by atoms with E-state index in [1.807, 2.05) is 12.1 Å². The number of ether oxygens (including phenoxy) is 2. The van der Waals surface area contributed by atoms with Gasteiger partial charge in [0.05, 0.1) is 19.2 Å². The highest BCUT2D eigenvalue weighted by atomic mass is 35.5. The molecule has 1 aliphatic heterocycles. The summed E-state index contributed by atoms with van der Waals surface area (Å²) in [5.41, 5.74) is 2.55. The van der Waals surface area contributed by atoms with Crippen LogP contribution in [0.3, 0.4) is 0 Å². The first kappa shape index (κ1) is 14.0. The zero-order valence-electron chi connectivity index (χ0n) is 12.1. The molecule has 1 aromatic carbocycles. The van der Waals surface area contributed by atoms with Gasteiger partial charge >= 0.3 is 0 Å². The molecule has 0 saturated carbocycles. The van der Waals surface area contributed by atoms with E-state index in [4.69, 9.17) is 21.1 Å². The van der Waals surface area contributed by atoms with Crippen LogP contribution in [0.25, 0.3) is 0 Å². The maximum absolute atomic E-state index is 5.89. The Hall–Kier alpha value is -1.94. The molecule has 0 fully saturated rings. The minimum absolute atomic E-state index is 0.655. The quantitative estimate of drug-likeness (QED) is 0.871. The van der Waals surface area contributed by atoms with E-state index in [-0.39, 0.29) is 0 Å². The van der Waals surface area contributed by atoms with Gasteiger partial charge in [-0.15, -0.1) is 0 Å². The van der Waals surface area contributed by atoms with Crippen molar-refractivity contribution in [1.29, 1.82) is 0 Å². The number of methoxy groups -OCH3 is 2. The number of halogens is 1. The van der Waals surface area contributed by atoms with Gasteiger partial charge in [0.15, 0.2) is 11.5 Å². The highest BCUT2D eigenvalue weighted by Gasteiger charge is 2.20. The second-order valence-electron chi connectivity index (χ2n) is 4.98. The van der Waals surface area contributed by atoms with Crippen molar-refractivity contribution in [2.24, 2.45) is 0 Å². The van der Waals surface area contributed by atoms with E-state index < -0.39 is 0 Å². The van der Waals surface area contributed by atoms with Gasteiger partial charge in [0.25, 0.3) is 0 Å². The van der Waals surface area contributed by atoms with E-state index in [0.717, 1.165) is 36.8 Å². The van der Waals surface area contributed by atoms with Gasteiger partial charge in [-0.1, -0.05) is 11.6 Å². The minimum atomic E-state index is 0.655. The maximum atomic E-state index is 5.89. The van der Waals surface area contributed by atoms with Gasteiger partial charge in [-0.2, -0.15) is 0 Å². The lowest BCUT2D eigenvalue weighted by molar-refractivity contribution is 0.353. The monoisotopic (exact) mass is 304 g/mol. The Balaban J connectivity index is 1.89. The molecular weight excluding hydrogens is 288 g/mol. The lowest BCUT2D eigenvalue weighted by Crippen LogP contribution is -2.31. The second-order valence-corrected chi connectivity index (χ2v) is 5.42. The molecule has 0 atom stereocenters. The van der Waals surface area contributed by atoms with Crippen LogP contribution in [0.4, 0.5) is 5.82 Å². The van der Waals surface area contributed by atoms with E-state index >= 15 is 0 Å². The third-order valence-corrected chi connectivity index (χ3v) is 3.98. The topological polar surface area (TPSA) is 34.6 Å². The molecule has 3 rings (SSSR count). The van der Waals surface area contributed by atoms with Crippen LogP contribution in [-0.4, -0.2) is 25.7 Å². The maximum Gasteiger partial charge on any atom is 0.161 e. The molecule has 0 bridgehead atoms. The molecule has 4 nitrogen and oxygen atoms in total. The van der Waals surface area contributed by atoms with Crippen molar-refractivity contribution >= 4 is 17.4 Å². The molecule has 1 aliphatic rings. The van der Waals surface area contributed by atoms with Gasteiger partial charge in [0.1, 0.15) is 5.82 Å². The van der Waals surface area contributed by atoms with E-state index in [1.165, 1.54) is 11.1 Å². The number of hydrogen-bond acceptors (Lipinski definition) is 4. The molecule has 2 aromatic rings. The first-order valence-electron chi connectivity index (χ1n) is 6.81. The number of fused-ring (bicyclic) bond motifs is 1. The molecule has 0 N–H and O–H groups in total. The standard InChI is InChI=1S/C16H17ClN2O2/c1-20-14-7-11-5-6-19(10-12(11)8-15(14)21-2)16-4-3-13(17)9-18-16/h3-4,7-9H,5-6,10H2,1-2H3. The molecule has 1 aromatic heterocycles. The van der Waals surface area contributed by atoms with Crippen molar-refractivity contribution in [3.05, 3.63) is 46.6 Å². The average Bonchev–Trinajstić information content (AvgIpc) is 2.53. The highest BCUT2D eigenvalue weighted by Crippen LogP contribution is 2.34. The van der Waals surface area contributed by atoms with Gasteiger partial charge in [-0.25, -0.2) is 4.98 Å². The number of aromatic nitrogens is 1. The Labute approximate surface area is 129 Å². The number of pyridine rings is 1. The van der Waals surface area contributed by atoms with Crippen LogP contribution < -0.4 is 14.4 Å². The Kier molecular flexibility index (Phi) is 3.88. The lowest BCUT2D eigenvalue weighted by Gasteiger charge is -2.30. The molecule has 0 amide bonds. The fourth-order valence-electron chi connectivity index (χ4n) is 2.63. The van der Waals surface area contributed by atoms with Crippen LogP contribution in [0.2, 0.25) is 5.02 Å². The number of benzene rings is 1. The largest absolute Gasteiger partial charge is 0.493 e. The molecule has 0 saturated heterocycles. The van der Waals surface area contributed by atoms with Crippen molar-refractivity contribution in [2.45, 2.75) is 13.0 Å². The van der Waals surface area contributed by atoms with Gasteiger partial charge < -0.3 is 14.4 Å². The summed E-state index contributed by atoms with van der Waals surface area (Å²) in [7, 11) is 3.32. The fraction of sp³-hybridized carbons (Fsp3) is 0.312. The van der Waals surface area contributed by atoms with Gasteiger partial charge in [0, 0.05) is 19.3 Å². The first-order chi connectivity index (χ1) is 10.2. The Morgan fingerprint density at radius 2 is 1.81 bits per heavy atom. The molecule has 0 unspecified atom stereocenters. The minimum Gasteiger partial charge on any atom is -0.493 e. The second kappa shape index (κ2) is 5.82. The van der Waals surface area contributed by atoms with Gasteiger partial charge in [-0.3, -0.25) is 0 Å². The van der Waals surface area contributed by atoms with Gasteiger partial charge in [0.2, 0.25) is 0 Å². The van der Waals surface area contributed by atoms with Gasteiger partial charge in [-0.05, 0) is 41.8 Å². The number of rotatable bonds is 3. The smallest absolute Gasteiger partial charge is 0.161 e. The Morgan fingerprint density at radius 3 is 2.43 bits per heavy atom. The number of hydrogen-bond donors (Lipinski definition) is 0. The summed E-state index contributed by atoms with van der Waals surface area (Å²) in [6.07, 6.45) is 2.64. The van der Waals surface area contributed by atoms with Crippen LogP contribution in [0, 0.1) is 0 Å². The Morgan fingerprint density at radius 1 is 1.10 bits per heavy atom. The van der Waals surface area contributed by atoms with Crippen molar-refractivity contribution < 1.29 is 9.47 Å². The fourth-order valence-corrected chi connectivity index (χ4v) is 2.75. The van der Waals surface area contributed by atoms with Crippen LogP contribution in [0.15, 0.2) is 30.5 Å². The Bertz CT molecular complexity index is 643. The van der Waals surface area contributed by atoms with E-state index in [9.17, 15) is 0 Å². The molecule has 2 heterocycles. The zero-order chi connectivity index (χ0) is 14.8. The predicted octanol–water partition coefficient (Wildman–Crippen LogP) is 3.31. The van der Waals surface area contributed by atoms with Crippen molar-refractivity contribution in [1.82, 2.24) is 4.98 Å². The van der Waals surface area contributed by atoms with E-state index in [2.05, 4.69) is 22.0 Å². The van der Waals surface area contributed by atoms with Crippen LogP contribution >= 0.6 is 11.6 Å². The molecule has 0 radical (unpaired) electrons. The van der Waals surface area contributed by atoms with E-state index in [1.54, 1.807) is 20.4 Å². The van der Waals surface area contributed by atoms with Crippen LogP contribution in [0.5, 0.6) is 11.5 Å². The summed E-state index contributed by atoms with van der Waals surface area (Å²) in [6.45, 7) is 1.74. The number of anilines is 1. The van der Waals surface area contributed by atoms with Crippen molar-refractivity contribution in [3.8, 4) is 11.5 Å². The molecule has 0 aliphatic carbocycles. The zero-order valence-corrected chi connectivity index (χ0v) is 12.9. The summed E-state index contributed by atoms with van der Waals surface area (Å²) >= 11 is 5.89. The van der Waals surface area contributed by atoms with Crippen molar-refractivity contribution in [2.75, 3.05) is 25.7 Å². The molecule has 21 heavy (non-hydrogen) atoms. The summed E-state index contributed by atoms with van der Waals surface area (Å²) in [4.78, 5) is 6.63. The summed E-state index contributed by atoms with van der Waals surface area (Å²) in [6, 6.07) is 7.94.